The molecule has 0 aliphatic carbocycles. The number of methoxy groups -OCH3 is 1. The van der Waals surface area contributed by atoms with Crippen molar-refractivity contribution in [2.45, 2.75) is 26.9 Å². The Balaban J connectivity index is 0.000000926. The van der Waals surface area contributed by atoms with Crippen LogP contribution in [-0.2, 0) is 4.74 Å². The van der Waals surface area contributed by atoms with Crippen LogP contribution in [0.2, 0.25) is 0 Å². The van der Waals surface area contributed by atoms with Crippen molar-refractivity contribution in [2.75, 3.05) is 44.3 Å². The van der Waals surface area contributed by atoms with Gasteiger partial charge in [0, 0.05) is 32.4 Å². The monoisotopic (exact) mass is 496 g/mol. The highest BCUT2D eigenvalue weighted by atomic mass is 19.4. The number of aldehydes is 1. The van der Waals surface area contributed by atoms with Gasteiger partial charge in [-0.25, -0.2) is 0 Å². The topological polar surface area (TPSA) is 89.2 Å². The van der Waals surface area contributed by atoms with Crippen molar-refractivity contribution in [3.8, 4) is 5.75 Å². The third-order valence-electron chi connectivity index (χ3n) is 4.24. The third-order valence-corrected chi connectivity index (χ3v) is 4.24. The van der Waals surface area contributed by atoms with Gasteiger partial charge in [-0.2, -0.15) is 18.2 Å². The largest absolute Gasteiger partial charge is 0.484 e. The van der Waals surface area contributed by atoms with Crippen molar-refractivity contribution in [1.82, 2.24) is 4.98 Å². The third kappa shape index (κ3) is 9.65. The lowest BCUT2D eigenvalue weighted by atomic mass is 10.2. The Hall–Kier alpha value is -3.60. The minimum Gasteiger partial charge on any atom is -0.484 e. The zero-order valence-electron chi connectivity index (χ0n) is 20.5. The molecule has 2 aromatic carbocycles. The van der Waals surface area contributed by atoms with Crippen molar-refractivity contribution in [1.29, 1.82) is 0 Å². The smallest absolute Gasteiger partial charge is 0.422 e. The fourth-order valence-electron chi connectivity index (χ4n) is 2.57. The number of fused-ring (bicyclic) bond motifs is 1. The lowest BCUT2D eigenvalue weighted by Crippen LogP contribution is -2.24. The number of oxazole rings is 1. The van der Waals surface area contributed by atoms with Gasteiger partial charge < -0.3 is 24.1 Å². The molecule has 0 saturated carbocycles. The summed E-state index contributed by atoms with van der Waals surface area (Å²) in [4.78, 5) is 20.9. The molecular weight excluding hydrogens is 465 g/mol. The Morgan fingerprint density at radius 1 is 1.23 bits per heavy atom. The van der Waals surface area contributed by atoms with E-state index in [1.165, 1.54) is 18.2 Å². The molecule has 0 aliphatic rings. The average molecular weight is 497 g/mol. The van der Waals surface area contributed by atoms with E-state index in [9.17, 15) is 18.0 Å². The molecule has 0 spiro atoms. The fraction of sp³-hybridized carbons (Fsp3) is 0.375. The second kappa shape index (κ2) is 14.6. The quantitative estimate of drug-likeness (QED) is 0.218. The zero-order chi connectivity index (χ0) is 26.4. The van der Waals surface area contributed by atoms with Gasteiger partial charge in [0.1, 0.15) is 17.6 Å². The Morgan fingerprint density at radius 2 is 1.91 bits per heavy atom. The molecule has 8 nitrogen and oxygen atoms in total. The molecule has 3 aromatic rings. The second-order valence-corrected chi connectivity index (χ2v) is 6.69. The molecule has 0 saturated heterocycles. The number of anilines is 2. The predicted octanol–water partition coefficient (Wildman–Crippen LogP) is 6.10. The normalized spacial score (nSPS) is 10.4. The lowest BCUT2D eigenvalue weighted by Gasteiger charge is -2.21. The molecule has 0 bridgehead atoms. The van der Waals surface area contributed by atoms with Crippen molar-refractivity contribution >= 4 is 41.5 Å². The van der Waals surface area contributed by atoms with Gasteiger partial charge in [-0.05, 0) is 44.0 Å². The van der Waals surface area contributed by atoms with Crippen LogP contribution >= 0.6 is 0 Å². The number of carbonyl (C=O) groups is 1. The molecule has 1 heterocycles. The van der Waals surface area contributed by atoms with Gasteiger partial charge in [0.15, 0.2) is 12.2 Å². The number of ether oxygens (including phenoxy) is 2. The first-order valence-electron chi connectivity index (χ1n) is 10.8. The molecule has 0 amide bonds. The summed E-state index contributed by atoms with van der Waals surface area (Å²) >= 11 is 0. The molecule has 1 aromatic heterocycles. The minimum absolute atomic E-state index is 0.0339. The van der Waals surface area contributed by atoms with E-state index < -0.39 is 12.8 Å². The summed E-state index contributed by atoms with van der Waals surface area (Å²) < 4.78 is 51.6. The van der Waals surface area contributed by atoms with E-state index in [0.717, 1.165) is 18.6 Å². The van der Waals surface area contributed by atoms with E-state index in [0.29, 0.717) is 22.4 Å². The van der Waals surface area contributed by atoms with Gasteiger partial charge in [-0.1, -0.05) is 13.8 Å². The first-order chi connectivity index (χ1) is 16.7. The van der Waals surface area contributed by atoms with Gasteiger partial charge in [0.25, 0.3) is 6.01 Å². The van der Waals surface area contributed by atoms with Crippen LogP contribution in [0.4, 0.5) is 30.6 Å². The fourth-order valence-corrected chi connectivity index (χ4v) is 2.57. The van der Waals surface area contributed by atoms with E-state index in [1.54, 1.807) is 32.4 Å². The average Bonchev–Trinajstić information content (AvgIpc) is 3.28. The van der Waals surface area contributed by atoms with Crippen LogP contribution in [-0.4, -0.2) is 58.2 Å². The molecule has 35 heavy (non-hydrogen) atoms. The Bertz CT molecular complexity index is 1070. The van der Waals surface area contributed by atoms with Crippen molar-refractivity contribution in [3.63, 3.8) is 0 Å². The number of benzene rings is 2. The van der Waals surface area contributed by atoms with E-state index in [1.807, 2.05) is 25.7 Å². The maximum Gasteiger partial charge on any atom is 0.422 e. The van der Waals surface area contributed by atoms with Crippen LogP contribution in [0.3, 0.4) is 0 Å². The first-order valence-corrected chi connectivity index (χ1v) is 10.8. The summed E-state index contributed by atoms with van der Waals surface area (Å²) in [5, 5.41) is 2.98. The van der Waals surface area contributed by atoms with Crippen LogP contribution in [0.25, 0.3) is 11.1 Å². The molecule has 0 fully saturated rings. The number of alkyl halides is 3. The molecular formula is C24H31F3N4O4. The maximum atomic E-state index is 12.3. The summed E-state index contributed by atoms with van der Waals surface area (Å²) in [5.41, 5.74) is 2.52. The van der Waals surface area contributed by atoms with E-state index in [2.05, 4.69) is 26.7 Å². The predicted molar refractivity (Wildman–Crippen MR) is 132 cm³/mol. The van der Waals surface area contributed by atoms with Crippen molar-refractivity contribution in [2.24, 2.45) is 4.99 Å². The number of carbonyl (C=O) groups excluding carboxylic acids is 1. The highest BCUT2D eigenvalue weighted by Gasteiger charge is 2.28. The number of aliphatic imine (C=N–C) groups is 1. The molecule has 0 radical (unpaired) electrons. The van der Waals surface area contributed by atoms with Crippen molar-refractivity contribution in [3.05, 3.63) is 42.0 Å². The molecule has 0 atom stereocenters. The second-order valence-electron chi connectivity index (χ2n) is 6.69. The number of hydrogen-bond donors (Lipinski definition) is 1. The van der Waals surface area contributed by atoms with Gasteiger partial charge in [0.2, 0.25) is 0 Å². The number of nitrogens with zero attached hydrogens (tertiary/aromatic N) is 3. The van der Waals surface area contributed by atoms with Crippen LogP contribution < -0.4 is 15.0 Å². The zero-order valence-corrected chi connectivity index (χ0v) is 20.5. The molecule has 192 valence electrons. The summed E-state index contributed by atoms with van der Waals surface area (Å²) in [6, 6.07) is 9.47. The maximum absolute atomic E-state index is 12.3. The highest BCUT2D eigenvalue weighted by Crippen LogP contribution is 2.29. The van der Waals surface area contributed by atoms with Gasteiger partial charge in [0.05, 0.1) is 18.0 Å². The Kier molecular flexibility index (Phi) is 12.3. The molecule has 11 heteroatoms. The van der Waals surface area contributed by atoms with Crippen LogP contribution in [0, 0.1) is 0 Å². The van der Waals surface area contributed by atoms with E-state index >= 15 is 0 Å². The van der Waals surface area contributed by atoms with E-state index in [4.69, 9.17) is 9.15 Å². The summed E-state index contributed by atoms with van der Waals surface area (Å²) in [6.07, 6.45) is -3.70. The Morgan fingerprint density at radius 3 is 2.49 bits per heavy atom. The number of nitrogens with one attached hydrogen (secondary N) is 1. The van der Waals surface area contributed by atoms with E-state index in [-0.39, 0.29) is 18.4 Å². The molecule has 0 unspecified atom stereocenters. The molecule has 3 rings (SSSR count). The number of halogens is 3. The van der Waals surface area contributed by atoms with Gasteiger partial charge in [-0.15, -0.1) is 0 Å². The first kappa shape index (κ1) is 29.4. The summed E-state index contributed by atoms with van der Waals surface area (Å²) in [5.74, 6) is 0.0339. The number of hydrogen-bond acceptors (Lipinski definition) is 8. The molecule has 0 aliphatic heterocycles. The SMILES string of the molecule is C=Nc1cc(C=O)ccc1N(C)CNc1nc2ccc(OCC(F)(F)F)cc2o1.CC.CCOC. The number of rotatable bonds is 9. The van der Waals surface area contributed by atoms with Gasteiger partial charge >= 0.3 is 6.18 Å². The summed E-state index contributed by atoms with van der Waals surface area (Å²) in [7, 11) is 3.48. The number of aromatic nitrogens is 1. The van der Waals surface area contributed by atoms with Gasteiger partial charge in [-0.3, -0.25) is 9.79 Å². The highest BCUT2D eigenvalue weighted by molar-refractivity contribution is 5.81. The van der Waals surface area contributed by atoms with Crippen molar-refractivity contribution < 1.29 is 31.9 Å². The van der Waals surface area contributed by atoms with Crippen LogP contribution in [0.1, 0.15) is 31.1 Å². The summed E-state index contributed by atoms with van der Waals surface area (Å²) in [6.45, 7) is 9.19. The Labute approximate surface area is 202 Å². The minimum atomic E-state index is -4.42. The molecule has 1 N–H and O–H groups in total. The van der Waals surface area contributed by atoms with Crippen LogP contribution in [0.5, 0.6) is 5.75 Å². The lowest BCUT2D eigenvalue weighted by molar-refractivity contribution is -0.153. The standard InChI is InChI=1S/C19H17F3N4O3.C3H8O.C2H6/c1-23-15-7-12(9-27)3-6-16(15)26(2)11-24-18-25-14-5-4-13(8-17(14)29-18)28-10-19(20,21)22;1-3-4-2;1-2/h3-9H,1,10-11H2,2H3,(H,24,25);3H2,1-2H3;1-2H3. The van der Waals surface area contributed by atoms with Crippen LogP contribution in [0.15, 0.2) is 45.8 Å².